The van der Waals surface area contributed by atoms with Gasteiger partial charge in [-0.2, -0.15) is 0 Å². The van der Waals surface area contributed by atoms with Crippen LogP contribution in [0, 0.1) is 0 Å². The molecule has 2 heterocycles. The lowest BCUT2D eigenvalue weighted by Gasteiger charge is -2.05. The van der Waals surface area contributed by atoms with E-state index in [0.29, 0.717) is 0 Å². The van der Waals surface area contributed by atoms with Gasteiger partial charge >= 0.3 is 0 Å². The fourth-order valence-corrected chi connectivity index (χ4v) is 3.46. The maximum atomic E-state index is 5.69. The van der Waals surface area contributed by atoms with E-state index in [1.165, 1.54) is 32.9 Å². The highest BCUT2D eigenvalue weighted by Crippen LogP contribution is 2.34. The van der Waals surface area contributed by atoms with Crippen LogP contribution in [0.2, 0.25) is 0 Å². The maximum absolute atomic E-state index is 5.69. The summed E-state index contributed by atoms with van der Waals surface area (Å²) in [6.45, 7) is 0.744. The number of pyridine rings is 1. The van der Waals surface area contributed by atoms with Gasteiger partial charge in [0.15, 0.2) is 0 Å². The van der Waals surface area contributed by atoms with E-state index in [2.05, 4.69) is 52.4 Å². The topological polar surface area (TPSA) is 54.7 Å². The Morgan fingerprint density at radius 2 is 1.83 bits per heavy atom. The van der Waals surface area contributed by atoms with Crippen molar-refractivity contribution < 1.29 is 0 Å². The first kappa shape index (κ1) is 14.9. The van der Waals surface area contributed by atoms with Crippen molar-refractivity contribution in [2.24, 2.45) is 5.73 Å². The molecule has 0 aliphatic heterocycles. The average Bonchev–Trinajstić information content (AvgIpc) is 3.02. The van der Waals surface area contributed by atoms with Crippen molar-refractivity contribution in [3.05, 3.63) is 66.5 Å². The fraction of sp³-hybridized carbons (Fsp3) is 0.190. The van der Waals surface area contributed by atoms with E-state index in [4.69, 9.17) is 5.73 Å². The summed E-state index contributed by atoms with van der Waals surface area (Å²) in [6.07, 6.45) is 6.92. The van der Waals surface area contributed by atoms with Gasteiger partial charge in [-0.05, 0) is 48.9 Å². The average molecular weight is 315 g/mol. The molecular formula is C21H21N3. The molecule has 0 saturated heterocycles. The molecule has 0 saturated carbocycles. The molecule has 3 N–H and O–H groups in total. The largest absolute Gasteiger partial charge is 0.354 e. The number of hydrogen-bond donors (Lipinski definition) is 2. The van der Waals surface area contributed by atoms with Crippen molar-refractivity contribution in [1.82, 2.24) is 9.97 Å². The fourth-order valence-electron chi connectivity index (χ4n) is 3.46. The van der Waals surface area contributed by atoms with E-state index in [1.54, 1.807) is 0 Å². The third-order valence-corrected chi connectivity index (χ3v) is 4.64. The van der Waals surface area contributed by atoms with Gasteiger partial charge < -0.3 is 10.7 Å². The van der Waals surface area contributed by atoms with Crippen molar-refractivity contribution >= 4 is 21.7 Å². The van der Waals surface area contributed by atoms with Crippen LogP contribution in [-0.4, -0.2) is 16.5 Å². The molecule has 120 valence electrons. The van der Waals surface area contributed by atoms with Crippen molar-refractivity contribution in [2.75, 3.05) is 6.54 Å². The molecule has 0 fully saturated rings. The van der Waals surface area contributed by atoms with Gasteiger partial charge in [-0.25, -0.2) is 0 Å². The first-order valence-electron chi connectivity index (χ1n) is 8.51. The second-order valence-electron chi connectivity index (χ2n) is 6.18. The molecule has 0 bridgehead atoms. The minimum Gasteiger partial charge on any atom is -0.354 e. The van der Waals surface area contributed by atoms with Crippen LogP contribution >= 0.6 is 0 Å². The molecule has 0 radical (unpaired) electrons. The quantitative estimate of drug-likeness (QED) is 0.526. The van der Waals surface area contributed by atoms with Crippen LogP contribution in [0.25, 0.3) is 32.9 Å². The van der Waals surface area contributed by atoms with Crippen LogP contribution in [0.1, 0.15) is 18.4 Å². The highest BCUT2D eigenvalue weighted by molar-refractivity contribution is 6.08. The molecular weight excluding hydrogens is 294 g/mol. The Kier molecular flexibility index (Phi) is 4.01. The number of nitrogens with two attached hydrogens (primary N) is 1. The van der Waals surface area contributed by atoms with Crippen LogP contribution < -0.4 is 5.73 Å². The molecule has 0 amide bonds. The van der Waals surface area contributed by atoms with Crippen LogP contribution in [-0.2, 0) is 6.42 Å². The molecule has 0 spiro atoms. The number of fused-ring (bicyclic) bond motifs is 3. The molecule has 4 rings (SSSR count). The number of unbranched alkanes of at least 4 members (excludes halogenated alkanes) is 1. The van der Waals surface area contributed by atoms with Gasteiger partial charge in [0.1, 0.15) is 0 Å². The third-order valence-electron chi connectivity index (χ3n) is 4.64. The van der Waals surface area contributed by atoms with Gasteiger partial charge in [-0.3, -0.25) is 4.98 Å². The van der Waals surface area contributed by atoms with Gasteiger partial charge in [-0.15, -0.1) is 0 Å². The summed E-state index contributed by atoms with van der Waals surface area (Å²) in [7, 11) is 0. The summed E-state index contributed by atoms with van der Waals surface area (Å²) in [5.41, 5.74) is 10.6. The molecule has 3 heteroatoms. The van der Waals surface area contributed by atoms with E-state index in [1.807, 2.05) is 18.5 Å². The number of nitrogens with one attached hydrogen (secondary N) is 1. The third kappa shape index (κ3) is 2.57. The van der Waals surface area contributed by atoms with Crippen LogP contribution in [0.15, 0.2) is 60.9 Å². The molecule has 0 atom stereocenters. The normalized spacial score (nSPS) is 11.4. The monoisotopic (exact) mass is 315 g/mol. The van der Waals surface area contributed by atoms with Crippen molar-refractivity contribution in [2.45, 2.75) is 19.3 Å². The Morgan fingerprint density at radius 3 is 2.67 bits per heavy atom. The van der Waals surface area contributed by atoms with Crippen molar-refractivity contribution in [1.29, 1.82) is 0 Å². The standard InChI is InChI=1S/C21H21N3/c22-12-4-3-9-18-19-11-10-15-6-1-2-8-17(15)21(19)24-20(18)16-7-5-13-23-14-16/h1-2,5-8,10-11,13-14,24H,3-4,9,12,22H2. The molecule has 4 aromatic rings. The molecule has 0 aliphatic rings. The van der Waals surface area contributed by atoms with Crippen molar-refractivity contribution in [3.63, 3.8) is 0 Å². The van der Waals surface area contributed by atoms with E-state index < -0.39 is 0 Å². The summed E-state index contributed by atoms with van der Waals surface area (Å²) >= 11 is 0. The molecule has 0 aliphatic carbocycles. The highest BCUT2D eigenvalue weighted by Gasteiger charge is 2.14. The smallest absolute Gasteiger partial charge is 0.0541 e. The number of aryl methyl sites for hydroxylation is 1. The summed E-state index contributed by atoms with van der Waals surface area (Å²) in [6, 6.07) is 17.1. The number of H-pyrrole nitrogens is 1. The Labute approximate surface area is 141 Å². The lowest BCUT2D eigenvalue weighted by atomic mass is 9.99. The Hall–Kier alpha value is -2.65. The Morgan fingerprint density at radius 1 is 0.917 bits per heavy atom. The molecule has 2 aromatic carbocycles. The zero-order valence-corrected chi connectivity index (χ0v) is 13.6. The zero-order chi connectivity index (χ0) is 16.4. The number of nitrogens with zero attached hydrogens (tertiary/aromatic N) is 1. The van der Waals surface area contributed by atoms with Crippen LogP contribution in [0.5, 0.6) is 0 Å². The number of rotatable bonds is 5. The zero-order valence-electron chi connectivity index (χ0n) is 13.6. The van der Waals surface area contributed by atoms with Crippen molar-refractivity contribution in [3.8, 4) is 11.3 Å². The molecule has 3 nitrogen and oxygen atoms in total. The Bertz CT molecular complexity index is 970. The van der Waals surface area contributed by atoms with Crippen LogP contribution in [0.4, 0.5) is 0 Å². The number of aromatic nitrogens is 2. The minimum absolute atomic E-state index is 0.744. The first-order chi connectivity index (χ1) is 11.9. The number of aromatic amines is 1. The van der Waals surface area contributed by atoms with E-state index >= 15 is 0 Å². The second-order valence-corrected chi connectivity index (χ2v) is 6.18. The SMILES string of the molecule is NCCCCc1c(-c2cccnc2)[nH]c2c1ccc1ccccc12. The minimum atomic E-state index is 0.744. The van der Waals surface area contributed by atoms with Gasteiger partial charge in [0.25, 0.3) is 0 Å². The highest BCUT2D eigenvalue weighted by atomic mass is 14.7. The summed E-state index contributed by atoms with van der Waals surface area (Å²) in [5, 5.41) is 3.84. The number of hydrogen-bond acceptors (Lipinski definition) is 2. The second kappa shape index (κ2) is 6.46. The molecule has 0 unspecified atom stereocenters. The van der Waals surface area contributed by atoms with E-state index in [0.717, 1.165) is 31.4 Å². The van der Waals surface area contributed by atoms with E-state index in [9.17, 15) is 0 Å². The Balaban J connectivity index is 1.95. The molecule has 24 heavy (non-hydrogen) atoms. The number of benzene rings is 2. The lowest BCUT2D eigenvalue weighted by Crippen LogP contribution is -1.99. The predicted molar refractivity (Wildman–Crippen MR) is 101 cm³/mol. The first-order valence-corrected chi connectivity index (χ1v) is 8.51. The summed E-state index contributed by atoms with van der Waals surface area (Å²) < 4.78 is 0. The maximum Gasteiger partial charge on any atom is 0.0541 e. The van der Waals surface area contributed by atoms with Gasteiger partial charge in [-0.1, -0.05) is 36.4 Å². The van der Waals surface area contributed by atoms with Crippen LogP contribution in [0.3, 0.4) is 0 Å². The predicted octanol–water partition coefficient (Wildman–Crippen LogP) is 4.66. The van der Waals surface area contributed by atoms with Gasteiger partial charge in [0, 0.05) is 28.7 Å². The van der Waals surface area contributed by atoms with E-state index in [-0.39, 0.29) is 0 Å². The van der Waals surface area contributed by atoms with Gasteiger partial charge in [0.05, 0.1) is 11.2 Å². The summed E-state index contributed by atoms with van der Waals surface area (Å²) in [4.78, 5) is 7.97. The summed E-state index contributed by atoms with van der Waals surface area (Å²) in [5.74, 6) is 0. The lowest BCUT2D eigenvalue weighted by molar-refractivity contribution is 0.748. The van der Waals surface area contributed by atoms with Gasteiger partial charge in [0.2, 0.25) is 0 Å². The molecule has 2 aromatic heterocycles.